The number of carbonyl (C=O) groups is 1. The molecule has 21 heavy (non-hydrogen) atoms. The molecule has 1 aromatic heterocycles. The molecular weight excluding hydrogens is 284 g/mol. The van der Waals surface area contributed by atoms with E-state index in [1.807, 2.05) is 42.5 Å². The average molecular weight is 299 g/mol. The van der Waals surface area contributed by atoms with Crippen LogP contribution in [0.15, 0.2) is 48.5 Å². The number of benzene rings is 2. The number of aromatic nitrogens is 1. The largest absolute Gasteiger partial charge is 0.349 e. The third-order valence-corrected chi connectivity index (χ3v) is 3.81. The molecule has 0 saturated carbocycles. The third kappa shape index (κ3) is 2.65. The molecule has 0 aliphatic heterocycles. The van der Waals surface area contributed by atoms with Crippen LogP contribution in [0.2, 0.25) is 5.02 Å². The minimum atomic E-state index is -0.164. The molecule has 4 heteroatoms. The van der Waals surface area contributed by atoms with Crippen LogP contribution in [-0.4, -0.2) is 10.9 Å². The zero-order valence-electron chi connectivity index (χ0n) is 11.6. The van der Waals surface area contributed by atoms with Crippen LogP contribution in [0.3, 0.4) is 0 Å². The summed E-state index contributed by atoms with van der Waals surface area (Å²) in [7, 11) is 0. The lowest BCUT2D eigenvalue weighted by atomic mass is 10.1. The molecule has 2 aromatic carbocycles. The van der Waals surface area contributed by atoms with Crippen LogP contribution in [-0.2, 0) is 6.42 Å². The molecular formula is C17H15ClN2O. The van der Waals surface area contributed by atoms with Gasteiger partial charge in [0, 0.05) is 11.1 Å². The van der Waals surface area contributed by atoms with E-state index in [0.717, 1.165) is 28.6 Å². The van der Waals surface area contributed by atoms with E-state index in [2.05, 4.69) is 17.2 Å². The lowest BCUT2D eigenvalue weighted by Gasteiger charge is -2.08. The van der Waals surface area contributed by atoms with Gasteiger partial charge in [-0.15, -0.1) is 0 Å². The van der Waals surface area contributed by atoms with Crippen molar-refractivity contribution < 1.29 is 4.79 Å². The van der Waals surface area contributed by atoms with Gasteiger partial charge in [0.05, 0.1) is 10.5 Å². The van der Waals surface area contributed by atoms with Crippen molar-refractivity contribution in [2.24, 2.45) is 0 Å². The Labute approximate surface area is 127 Å². The molecule has 0 spiro atoms. The molecule has 0 aliphatic rings. The monoisotopic (exact) mass is 298 g/mol. The highest BCUT2D eigenvalue weighted by Crippen LogP contribution is 2.24. The number of halogens is 1. The summed E-state index contributed by atoms with van der Waals surface area (Å²) in [6.07, 6.45) is 0.870. The molecule has 3 rings (SSSR count). The van der Waals surface area contributed by atoms with Crippen LogP contribution < -0.4 is 5.32 Å². The molecule has 0 radical (unpaired) electrons. The molecule has 0 unspecified atom stereocenters. The van der Waals surface area contributed by atoms with Crippen LogP contribution in [0.1, 0.15) is 23.0 Å². The maximum Gasteiger partial charge on any atom is 0.272 e. The molecule has 0 fully saturated rings. The molecule has 1 heterocycles. The molecule has 0 bridgehead atoms. The first-order chi connectivity index (χ1) is 10.2. The van der Waals surface area contributed by atoms with Gasteiger partial charge in [0.25, 0.3) is 5.91 Å². The SMILES string of the molecule is CCc1ccccc1NC(=O)c1cc2cccc(Cl)c2[nH]1. The Kier molecular flexibility index (Phi) is 3.67. The third-order valence-electron chi connectivity index (χ3n) is 3.50. The number of rotatable bonds is 3. The van der Waals surface area contributed by atoms with E-state index in [9.17, 15) is 4.79 Å². The standard InChI is InChI=1S/C17H15ClN2O/c1-2-11-6-3-4-9-14(11)20-17(21)15-10-12-7-5-8-13(18)16(12)19-15/h3-10,19H,2H2,1H3,(H,20,21). The summed E-state index contributed by atoms with van der Waals surface area (Å²) in [5.41, 5.74) is 3.24. The fourth-order valence-corrected chi connectivity index (χ4v) is 2.61. The van der Waals surface area contributed by atoms with Gasteiger partial charge in [-0.2, -0.15) is 0 Å². The average Bonchev–Trinajstić information content (AvgIpc) is 2.93. The number of hydrogen-bond acceptors (Lipinski definition) is 1. The summed E-state index contributed by atoms with van der Waals surface area (Å²) in [6.45, 7) is 2.06. The van der Waals surface area contributed by atoms with Crippen molar-refractivity contribution in [2.45, 2.75) is 13.3 Å². The number of anilines is 1. The van der Waals surface area contributed by atoms with Crippen LogP contribution >= 0.6 is 11.6 Å². The van der Waals surface area contributed by atoms with Crippen LogP contribution in [0.5, 0.6) is 0 Å². The van der Waals surface area contributed by atoms with Crippen molar-refractivity contribution in [1.82, 2.24) is 4.98 Å². The summed E-state index contributed by atoms with van der Waals surface area (Å²) in [5.74, 6) is -0.164. The normalized spacial score (nSPS) is 10.8. The quantitative estimate of drug-likeness (QED) is 0.727. The smallest absolute Gasteiger partial charge is 0.272 e. The van der Waals surface area contributed by atoms with Crippen molar-refractivity contribution in [3.63, 3.8) is 0 Å². The molecule has 0 aliphatic carbocycles. The van der Waals surface area contributed by atoms with Crippen molar-refractivity contribution >= 4 is 34.1 Å². The molecule has 2 N–H and O–H groups in total. The second-order valence-electron chi connectivity index (χ2n) is 4.85. The van der Waals surface area contributed by atoms with Gasteiger partial charge < -0.3 is 10.3 Å². The fraction of sp³-hybridized carbons (Fsp3) is 0.118. The van der Waals surface area contributed by atoms with Crippen LogP contribution in [0.4, 0.5) is 5.69 Å². The van der Waals surface area contributed by atoms with E-state index in [1.165, 1.54) is 0 Å². The fourth-order valence-electron chi connectivity index (χ4n) is 2.38. The number of para-hydroxylation sites is 2. The number of aromatic amines is 1. The Morgan fingerprint density at radius 2 is 2.00 bits per heavy atom. The number of carbonyl (C=O) groups excluding carboxylic acids is 1. The number of fused-ring (bicyclic) bond motifs is 1. The number of amides is 1. The van der Waals surface area contributed by atoms with E-state index in [0.29, 0.717) is 10.7 Å². The molecule has 0 saturated heterocycles. The van der Waals surface area contributed by atoms with Gasteiger partial charge in [-0.1, -0.05) is 48.9 Å². The lowest BCUT2D eigenvalue weighted by molar-refractivity contribution is 0.102. The van der Waals surface area contributed by atoms with Gasteiger partial charge in [-0.25, -0.2) is 0 Å². The van der Waals surface area contributed by atoms with Gasteiger partial charge in [0.15, 0.2) is 0 Å². The Balaban J connectivity index is 1.92. The molecule has 3 nitrogen and oxygen atoms in total. The van der Waals surface area contributed by atoms with E-state index in [-0.39, 0.29) is 5.91 Å². The first-order valence-electron chi connectivity index (χ1n) is 6.85. The molecule has 0 atom stereocenters. The topological polar surface area (TPSA) is 44.9 Å². The zero-order valence-corrected chi connectivity index (χ0v) is 12.4. The Morgan fingerprint density at radius 3 is 2.76 bits per heavy atom. The van der Waals surface area contributed by atoms with Gasteiger partial charge in [-0.05, 0) is 30.2 Å². The van der Waals surface area contributed by atoms with Gasteiger partial charge in [0.1, 0.15) is 5.69 Å². The summed E-state index contributed by atoms with van der Waals surface area (Å²) in [5, 5.41) is 4.48. The lowest BCUT2D eigenvalue weighted by Crippen LogP contribution is -2.13. The minimum absolute atomic E-state index is 0.164. The Hall–Kier alpha value is -2.26. The van der Waals surface area contributed by atoms with Crippen LogP contribution in [0.25, 0.3) is 10.9 Å². The van der Waals surface area contributed by atoms with E-state index >= 15 is 0 Å². The highest BCUT2D eigenvalue weighted by molar-refractivity contribution is 6.35. The second-order valence-corrected chi connectivity index (χ2v) is 5.26. The number of hydrogen-bond donors (Lipinski definition) is 2. The van der Waals surface area contributed by atoms with E-state index in [4.69, 9.17) is 11.6 Å². The first kappa shape index (κ1) is 13.7. The summed E-state index contributed by atoms with van der Waals surface area (Å²) in [6, 6.07) is 15.2. The molecule has 106 valence electrons. The molecule has 3 aromatic rings. The summed E-state index contributed by atoms with van der Waals surface area (Å²) in [4.78, 5) is 15.5. The maximum atomic E-state index is 12.4. The summed E-state index contributed by atoms with van der Waals surface area (Å²) >= 11 is 6.12. The van der Waals surface area contributed by atoms with Crippen molar-refractivity contribution in [3.8, 4) is 0 Å². The van der Waals surface area contributed by atoms with Crippen molar-refractivity contribution in [2.75, 3.05) is 5.32 Å². The zero-order chi connectivity index (χ0) is 14.8. The number of H-pyrrole nitrogens is 1. The second kappa shape index (κ2) is 5.62. The van der Waals surface area contributed by atoms with Gasteiger partial charge in [-0.3, -0.25) is 4.79 Å². The number of nitrogens with one attached hydrogen (secondary N) is 2. The predicted molar refractivity (Wildman–Crippen MR) is 87.1 cm³/mol. The van der Waals surface area contributed by atoms with E-state index in [1.54, 1.807) is 6.07 Å². The highest BCUT2D eigenvalue weighted by Gasteiger charge is 2.12. The Bertz CT molecular complexity index is 807. The summed E-state index contributed by atoms with van der Waals surface area (Å²) < 4.78 is 0. The van der Waals surface area contributed by atoms with Crippen molar-refractivity contribution in [3.05, 3.63) is 64.8 Å². The highest BCUT2D eigenvalue weighted by atomic mass is 35.5. The van der Waals surface area contributed by atoms with Crippen LogP contribution in [0, 0.1) is 0 Å². The molecule has 1 amide bonds. The van der Waals surface area contributed by atoms with Gasteiger partial charge >= 0.3 is 0 Å². The predicted octanol–water partition coefficient (Wildman–Crippen LogP) is 4.64. The van der Waals surface area contributed by atoms with E-state index < -0.39 is 0 Å². The maximum absolute atomic E-state index is 12.4. The van der Waals surface area contributed by atoms with Crippen molar-refractivity contribution in [1.29, 1.82) is 0 Å². The number of aryl methyl sites for hydroxylation is 1. The first-order valence-corrected chi connectivity index (χ1v) is 7.23. The minimum Gasteiger partial charge on any atom is -0.349 e. The van der Waals surface area contributed by atoms with Gasteiger partial charge in [0.2, 0.25) is 0 Å². The Morgan fingerprint density at radius 1 is 1.19 bits per heavy atom.